The van der Waals surface area contributed by atoms with Gasteiger partial charge in [0.15, 0.2) is 5.82 Å². The van der Waals surface area contributed by atoms with Crippen molar-refractivity contribution in [3.8, 4) is 5.75 Å². The Kier molecular flexibility index (Phi) is 2.65. The van der Waals surface area contributed by atoms with Gasteiger partial charge in [0.25, 0.3) is 0 Å². The molecule has 7 nitrogen and oxygen atoms in total. The maximum absolute atomic E-state index is 11.6. The molecule has 0 aliphatic rings. The molecule has 17 heavy (non-hydrogen) atoms. The Balaban J connectivity index is 2.27. The first-order valence-electron chi connectivity index (χ1n) is 4.80. The van der Waals surface area contributed by atoms with Crippen LogP contribution in [0.2, 0.25) is 0 Å². The number of hydrogen-bond donors (Lipinski definition) is 1. The molecule has 2 N–H and O–H groups in total. The average Bonchev–Trinajstić information content (AvgIpc) is 2.58. The van der Waals surface area contributed by atoms with Gasteiger partial charge in [-0.2, -0.15) is 4.68 Å². The van der Waals surface area contributed by atoms with Crippen molar-refractivity contribution in [1.82, 2.24) is 14.5 Å². The van der Waals surface area contributed by atoms with E-state index in [9.17, 15) is 9.59 Å². The number of para-hydroxylation sites is 1. The third-order valence-electron chi connectivity index (χ3n) is 2.10. The van der Waals surface area contributed by atoms with Crippen LogP contribution in [0.3, 0.4) is 0 Å². The van der Waals surface area contributed by atoms with Crippen LogP contribution >= 0.6 is 0 Å². The minimum atomic E-state index is -0.895. The van der Waals surface area contributed by atoms with Crippen LogP contribution in [0.5, 0.6) is 5.75 Å². The van der Waals surface area contributed by atoms with Crippen LogP contribution in [-0.2, 0) is 0 Å². The van der Waals surface area contributed by atoms with Crippen LogP contribution in [0, 0.1) is 6.92 Å². The van der Waals surface area contributed by atoms with Crippen LogP contribution in [0.4, 0.5) is 4.79 Å². The van der Waals surface area contributed by atoms with E-state index in [2.05, 4.69) is 5.10 Å². The van der Waals surface area contributed by atoms with Crippen LogP contribution < -0.4 is 16.3 Å². The fourth-order valence-electron chi connectivity index (χ4n) is 1.23. The largest absolute Gasteiger partial charge is 0.444 e. The van der Waals surface area contributed by atoms with Crippen LogP contribution in [0.25, 0.3) is 0 Å². The lowest BCUT2D eigenvalue weighted by Crippen LogP contribution is -2.35. The summed E-state index contributed by atoms with van der Waals surface area (Å²) in [6, 6.07) is 8.38. The maximum atomic E-state index is 11.6. The van der Waals surface area contributed by atoms with Gasteiger partial charge in [-0.15, -0.1) is 9.78 Å². The number of carbonyl (C=O) groups excluding carboxylic acids is 1. The molecule has 0 amide bonds. The van der Waals surface area contributed by atoms with Gasteiger partial charge in [0.05, 0.1) is 0 Å². The molecule has 2 rings (SSSR count). The molecule has 0 saturated carbocycles. The Labute approximate surface area is 96.0 Å². The van der Waals surface area contributed by atoms with Gasteiger partial charge >= 0.3 is 11.8 Å². The first-order chi connectivity index (χ1) is 8.09. The molecule has 0 aliphatic carbocycles. The molecule has 88 valence electrons. The molecule has 0 saturated heterocycles. The van der Waals surface area contributed by atoms with Crippen molar-refractivity contribution in [2.75, 3.05) is 5.84 Å². The second kappa shape index (κ2) is 4.12. The lowest BCUT2D eigenvalue weighted by Gasteiger charge is -2.01. The normalized spacial score (nSPS) is 10.2. The lowest BCUT2D eigenvalue weighted by atomic mass is 10.3. The summed E-state index contributed by atoms with van der Waals surface area (Å²) < 4.78 is 6.28. The topological polar surface area (TPSA) is 92.1 Å². The highest BCUT2D eigenvalue weighted by Crippen LogP contribution is 2.08. The Hall–Kier alpha value is -2.57. The van der Waals surface area contributed by atoms with E-state index >= 15 is 0 Å². The molecule has 0 aliphatic heterocycles. The molecule has 1 aromatic heterocycles. The van der Waals surface area contributed by atoms with Crippen molar-refractivity contribution in [3.05, 3.63) is 46.6 Å². The van der Waals surface area contributed by atoms with E-state index in [4.69, 9.17) is 10.6 Å². The Morgan fingerprint density at radius 3 is 2.53 bits per heavy atom. The van der Waals surface area contributed by atoms with E-state index in [1.54, 1.807) is 30.3 Å². The third-order valence-corrected chi connectivity index (χ3v) is 2.10. The van der Waals surface area contributed by atoms with Crippen LogP contribution in [-0.4, -0.2) is 20.5 Å². The molecule has 2 aromatic rings. The quantitative estimate of drug-likeness (QED) is 0.707. The summed E-state index contributed by atoms with van der Waals surface area (Å²) in [7, 11) is 0. The Bertz CT molecular complexity index is 600. The minimum Gasteiger partial charge on any atom is -0.409 e. The monoisotopic (exact) mass is 234 g/mol. The van der Waals surface area contributed by atoms with Crippen molar-refractivity contribution in [2.24, 2.45) is 0 Å². The molecule has 0 atom stereocenters. The number of nitrogens with zero attached hydrogens (tertiary/aromatic N) is 3. The predicted octanol–water partition coefficient (Wildman–Crippen LogP) is 0.114. The fourth-order valence-corrected chi connectivity index (χ4v) is 1.23. The van der Waals surface area contributed by atoms with Gasteiger partial charge in [-0.3, -0.25) is 0 Å². The first kappa shape index (κ1) is 10.9. The van der Waals surface area contributed by atoms with Crippen molar-refractivity contribution >= 4 is 6.09 Å². The van der Waals surface area contributed by atoms with Crippen molar-refractivity contribution in [3.63, 3.8) is 0 Å². The van der Waals surface area contributed by atoms with Crippen molar-refractivity contribution in [2.45, 2.75) is 6.92 Å². The van der Waals surface area contributed by atoms with E-state index in [0.29, 0.717) is 10.4 Å². The van der Waals surface area contributed by atoms with Gasteiger partial charge < -0.3 is 10.6 Å². The molecule has 0 fully saturated rings. The van der Waals surface area contributed by atoms with Gasteiger partial charge in [0.1, 0.15) is 5.75 Å². The van der Waals surface area contributed by atoms with Gasteiger partial charge in [-0.1, -0.05) is 18.2 Å². The Morgan fingerprint density at radius 2 is 2.00 bits per heavy atom. The van der Waals surface area contributed by atoms with Gasteiger partial charge in [0.2, 0.25) is 0 Å². The van der Waals surface area contributed by atoms with E-state index in [1.807, 2.05) is 0 Å². The number of benzene rings is 1. The molecule has 0 bridgehead atoms. The number of aromatic nitrogens is 3. The van der Waals surface area contributed by atoms with E-state index in [-0.39, 0.29) is 5.82 Å². The highest BCUT2D eigenvalue weighted by atomic mass is 16.6. The van der Waals surface area contributed by atoms with Crippen molar-refractivity contribution in [1.29, 1.82) is 0 Å². The summed E-state index contributed by atoms with van der Waals surface area (Å²) in [5.41, 5.74) is -0.747. The lowest BCUT2D eigenvalue weighted by molar-refractivity contribution is 0.197. The van der Waals surface area contributed by atoms with Gasteiger partial charge in [-0.05, 0) is 19.1 Å². The number of nitrogen functional groups attached to an aromatic ring is 1. The zero-order valence-corrected chi connectivity index (χ0v) is 9.03. The molecule has 1 aromatic carbocycles. The summed E-state index contributed by atoms with van der Waals surface area (Å²) >= 11 is 0. The Morgan fingerprint density at radius 1 is 1.35 bits per heavy atom. The SMILES string of the molecule is Cc1nn(C(=O)Oc2ccccc2)c(=O)n1N. The number of hydrogen-bond acceptors (Lipinski definition) is 5. The first-order valence-corrected chi connectivity index (χ1v) is 4.80. The molecule has 0 spiro atoms. The third kappa shape index (κ3) is 2.03. The number of aryl methyl sites for hydroxylation is 1. The van der Waals surface area contributed by atoms with Crippen LogP contribution in [0.1, 0.15) is 5.82 Å². The zero-order chi connectivity index (χ0) is 12.4. The smallest absolute Gasteiger partial charge is 0.409 e. The van der Waals surface area contributed by atoms with E-state index in [1.165, 1.54) is 6.92 Å². The standard InChI is InChI=1S/C10H10N4O3/c1-7-12-14(9(15)13(7)11)10(16)17-8-5-3-2-4-6-8/h2-6H,11H2,1H3. The highest BCUT2D eigenvalue weighted by molar-refractivity contribution is 5.71. The number of carbonyl (C=O) groups is 1. The fraction of sp³-hybridized carbons (Fsp3) is 0.100. The van der Waals surface area contributed by atoms with Crippen molar-refractivity contribution < 1.29 is 9.53 Å². The minimum absolute atomic E-state index is 0.222. The molecule has 7 heteroatoms. The number of rotatable bonds is 1. The predicted molar refractivity (Wildman–Crippen MR) is 59.2 cm³/mol. The summed E-state index contributed by atoms with van der Waals surface area (Å²) in [6.07, 6.45) is -0.895. The second-order valence-corrected chi connectivity index (χ2v) is 3.29. The summed E-state index contributed by atoms with van der Waals surface area (Å²) in [5.74, 6) is 5.90. The van der Waals surface area contributed by atoms with E-state index < -0.39 is 11.8 Å². The average molecular weight is 234 g/mol. The molecular weight excluding hydrogens is 224 g/mol. The summed E-state index contributed by atoms with van der Waals surface area (Å²) in [6.45, 7) is 1.51. The zero-order valence-electron chi connectivity index (χ0n) is 9.03. The second-order valence-electron chi connectivity index (χ2n) is 3.29. The molecule has 0 radical (unpaired) electrons. The van der Waals surface area contributed by atoms with Gasteiger partial charge in [0, 0.05) is 0 Å². The molecule has 0 unspecified atom stereocenters. The highest BCUT2D eigenvalue weighted by Gasteiger charge is 2.16. The van der Waals surface area contributed by atoms with Crippen LogP contribution in [0.15, 0.2) is 35.1 Å². The number of ether oxygens (including phenoxy) is 1. The number of nitrogens with two attached hydrogens (primary N) is 1. The molecule has 1 heterocycles. The molecular formula is C10H10N4O3. The summed E-state index contributed by atoms with van der Waals surface area (Å²) in [5, 5.41) is 3.67. The maximum Gasteiger partial charge on any atom is 0.444 e. The van der Waals surface area contributed by atoms with Gasteiger partial charge in [-0.25, -0.2) is 9.59 Å². The summed E-state index contributed by atoms with van der Waals surface area (Å²) in [4.78, 5) is 23.1. The van der Waals surface area contributed by atoms with E-state index in [0.717, 1.165) is 4.68 Å².